The maximum atomic E-state index is 14.1. The molecule has 4 rings (SSSR count). The quantitative estimate of drug-likeness (QED) is 0.516. The summed E-state index contributed by atoms with van der Waals surface area (Å²) >= 11 is 12.2. The number of nitrogens with zero attached hydrogens (tertiary/aromatic N) is 2. The standard InChI is InChI=1S/C24H22Cl2FN3/c25-19-3-1-2-16(10-19)4-5-17-14-29-15-23(18-11-20(26)13-21(27)12-18)24(17)30-8-6-22(28)7-9-30/h1-5,10-15,22H,6-9,28H2. The monoisotopic (exact) mass is 441 g/mol. The van der Waals surface area contributed by atoms with E-state index in [0.29, 0.717) is 15.6 Å². The topological polar surface area (TPSA) is 42.1 Å². The zero-order chi connectivity index (χ0) is 21.1. The first kappa shape index (κ1) is 20.9. The van der Waals surface area contributed by atoms with Gasteiger partial charge in [-0.15, -0.1) is 0 Å². The van der Waals surface area contributed by atoms with E-state index in [2.05, 4.69) is 9.88 Å². The summed E-state index contributed by atoms with van der Waals surface area (Å²) in [5.41, 5.74) is 10.6. The van der Waals surface area contributed by atoms with Gasteiger partial charge >= 0.3 is 0 Å². The lowest BCUT2D eigenvalue weighted by molar-refractivity contribution is 0.501. The van der Waals surface area contributed by atoms with Gasteiger partial charge in [-0.1, -0.05) is 47.5 Å². The van der Waals surface area contributed by atoms with Crippen LogP contribution < -0.4 is 10.6 Å². The van der Waals surface area contributed by atoms with Crippen molar-refractivity contribution in [1.29, 1.82) is 0 Å². The van der Waals surface area contributed by atoms with E-state index in [-0.39, 0.29) is 11.9 Å². The van der Waals surface area contributed by atoms with Crippen LogP contribution in [0.2, 0.25) is 10.0 Å². The predicted molar refractivity (Wildman–Crippen MR) is 124 cm³/mol. The van der Waals surface area contributed by atoms with Crippen LogP contribution in [0.1, 0.15) is 24.0 Å². The molecule has 2 heterocycles. The molecule has 30 heavy (non-hydrogen) atoms. The average molecular weight is 442 g/mol. The molecule has 0 spiro atoms. The molecule has 1 aliphatic heterocycles. The number of anilines is 1. The third kappa shape index (κ3) is 4.84. The van der Waals surface area contributed by atoms with Gasteiger partial charge in [-0.05, 0) is 54.3 Å². The smallest absolute Gasteiger partial charge is 0.125 e. The van der Waals surface area contributed by atoms with Crippen molar-refractivity contribution in [1.82, 2.24) is 4.98 Å². The third-order valence-corrected chi connectivity index (χ3v) is 5.73. The average Bonchev–Trinajstić information content (AvgIpc) is 2.72. The van der Waals surface area contributed by atoms with Gasteiger partial charge in [-0.2, -0.15) is 0 Å². The first-order valence-corrected chi connectivity index (χ1v) is 10.6. The maximum absolute atomic E-state index is 14.1. The van der Waals surface area contributed by atoms with Crippen molar-refractivity contribution in [2.75, 3.05) is 18.0 Å². The van der Waals surface area contributed by atoms with Crippen molar-refractivity contribution < 1.29 is 4.39 Å². The fourth-order valence-electron chi connectivity index (χ4n) is 3.78. The summed E-state index contributed by atoms with van der Waals surface area (Å²) in [6, 6.07) is 12.4. The zero-order valence-electron chi connectivity index (χ0n) is 16.4. The Balaban J connectivity index is 1.81. The molecule has 0 aliphatic carbocycles. The Kier molecular flexibility index (Phi) is 6.38. The second kappa shape index (κ2) is 9.17. The van der Waals surface area contributed by atoms with Crippen molar-refractivity contribution in [3.05, 3.63) is 81.8 Å². The molecular weight excluding hydrogens is 420 g/mol. The van der Waals surface area contributed by atoms with E-state index in [1.807, 2.05) is 42.6 Å². The van der Waals surface area contributed by atoms with Crippen LogP contribution in [0.25, 0.3) is 23.3 Å². The number of benzene rings is 2. The molecule has 2 aromatic carbocycles. The molecule has 0 unspecified atom stereocenters. The normalized spacial score (nSPS) is 15.1. The van der Waals surface area contributed by atoms with Gasteiger partial charge in [0.2, 0.25) is 0 Å². The number of pyridine rings is 1. The maximum Gasteiger partial charge on any atom is 0.125 e. The van der Waals surface area contributed by atoms with Crippen LogP contribution in [0.15, 0.2) is 54.9 Å². The minimum atomic E-state index is -0.371. The number of hydrogen-bond donors (Lipinski definition) is 1. The van der Waals surface area contributed by atoms with E-state index in [1.165, 1.54) is 12.1 Å². The highest BCUT2D eigenvalue weighted by Crippen LogP contribution is 2.37. The summed E-state index contributed by atoms with van der Waals surface area (Å²) in [5.74, 6) is -0.371. The van der Waals surface area contributed by atoms with E-state index in [0.717, 1.165) is 48.3 Å². The fraction of sp³-hybridized carbons (Fsp3) is 0.208. The SMILES string of the molecule is NC1CCN(c2c(C=Cc3cccc(Cl)c3)cncc2-c2cc(F)cc(Cl)c2)CC1. The molecule has 0 bridgehead atoms. The number of hydrogen-bond acceptors (Lipinski definition) is 3. The molecule has 2 N–H and O–H groups in total. The number of nitrogens with two attached hydrogens (primary N) is 1. The molecule has 1 aromatic heterocycles. The summed E-state index contributed by atoms with van der Waals surface area (Å²) in [5, 5.41) is 1.04. The molecule has 3 nitrogen and oxygen atoms in total. The van der Waals surface area contributed by atoms with Crippen LogP contribution >= 0.6 is 23.2 Å². The van der Waals surface area contributed by atoms with E-state index < -0.39 is 0 Å². The predicted octanol–water partition coefficient (Wildman–Crippen LogP) is 6.29. The van der Waals surface area contributed by atoms with Gasteiger partial charge in [0.1, 0.15) is 5.82 Å². The molecule has 3 aromatic rings. The zero-order valence-corrected chi connectivity index (χ0v) is 17.9. The molecule has 1 fully saturated rings. The van der Waals surface area contributed by atoms with Gasteiger partial charge in [-0.25, -0.2) is 4.39 Å². The van der Waals surface area contributed by atoms with Crippen molar-refractivity contribution in [3.63, 3.8) is 0 Å². The van der Waals surface area contributed by atoms with Crippen molar-refractivity contribution in [2.45, 2.75) is 18.9 Å². The molecule has 0 saturated carbocycles. The molecule has 6 heteroatoms. The van der Waals surface area contributed by atoms with Crippen LogP contribution in [0, 0.1) is 5.82 Å². The number of aromatic nitrogens is 1. The molecule has 0 atom stereocenters. The first-order chi connectivity index (χ1) is 14.5. The lowest BCUT2D eigenvalue weighted by Gasteiger charge is -2.34. The third-order valence-electron chi connectivity index (χ3n) is 5.28. The van der Waals surface area contributed by atoms with E-state index >= 15 is 0 Å². The fourth-order valence-corrected chi connectivity index (χ4v) is 4.21. The highest BCUT2D eigenvalue weighted by Gasteiger charge is 2.22. The van der Waals surface area contributed by atoms with Crippen LogP contribution in [0.3, 0.4) is 0 Å². The Morgan fingerprint density at radius 1 is 1.00 bits per heavy atom. The van der Waals surface area contributed by atoms with E-state index in [4.69, 9.17) is 28.9 Å². The van der Waals surface area contributed by atoms with E-state index in [1.54, 1.807) is 12.3 Å². The molecule has 1 aliphatic rings. The molecule has 1 saturated heterocycles. The molecule has 154 valence electrons. The van der Waals surface area contributed by atoms with Crippen LogP contribution in [0.4, 0.5) is 10.1 Å². The first-order valence-electron chi connectivity index (χ1n) is 9.88. The lowest BCUT2D eigenvalue weighted by Crippen LogP contribution is -2.40. The minimum Gasteiger partial charge on any atom is -0.370 e. The molecule has 0 amide bonds. The van der Waals surface area contributed by atoms with Gasteiger partial charge < -0.3 is 10.6 Å². The number of halogens is 3. The molecular formula is C24H22Cl2FN3. The highest BCUT2D eigenvalue weighted by atomic mass is 35.5. The molecule has 0 radical (unpaired) electrons. The number of piperidine rings is 1. The van der Waals surface area contributed by atoms with E-state index in [9.17, 15) is 4.39 Å². The minimum absolute atomic E-state index is 0.209. The van der Waals surface area contributed by atoms with Gasteiger partial charge in [0.05, 0.1) is 5.69 Å². The largest absolute Gasteiger partial charge is 0.370 e. The summed E-state index contributed by atoms with van der Waals surface area (Å²) in [4.78, 5) is 6.73. The lowest BCUT2D eigenvalue weighted by atomic mass is 9.98. The van der Waals surface area contributed by atoms with Gasteiger partial charge in [0, 0.05) is 52.7 Å². The summed E-state index contributed by atoms with van der Waals surface area (Å²) in [6.45, 7) is 1.67. The Hall–Kier alpha value is -2.40. The summed E-state index contributed by atoms with van der Waals surface area (Å²) < 4.78 is 14.1. The van der Waals surface area contributed by atoms with Gasteiger partial charge in [0.15, 0.2) is 0 Å². The Morgan fingerprint density at radius 3 is 2.53 bits per heavy atom. The second-order valence-electron chi connectivity index (χ2n) is 7.50. The van der Waals surface area contributed by atoms with Crippen molar-refractivity contribution in [3.8, 4) is 11.1 Å². The van der Waals surface area contributed by atoms with Crippen molar-refractivity contribution in [2.24, 2.45) is 5.73 Å². The van der Waals surface area contributed by atoms with Crippen LogP contribution in [-0.4, -0.2) is 24.1 Å². The second-order valence-corrected chi connectivity index (χ2v) is 8.37. The summed E-state index contributed by atoms with van der Waals surface area (Å²) in [7, 11) is 0. The van der Waals surface area contributed by atoms with Crippen LogP contribution in [0.5, 0.6) is 0 Å². The summed E-state index contributed by atoms with van der Waals surface area (Å²) in [6.07, 6.45) is 9.44. The van der Waals surface area contributed by atoms with Gasteiger partial charge in [-0.3, -0.25) is 4.98 Å². The Morgan fingerprint density at radius 2 is 1.80 bits per heavy atom. The van der Waals surface area contributed by atoms with Crippen LogP contribution in [-0.2, 0) is 0 Å². The van der Waals surface area contributed by atoms with Crippen molar-refractivity contribution >= 4 is 41.0 Å². The Labute approximate surface area is 185 Å². The Bertz CT molecular complexity index is 1060. The highest BCUT2D eigenvalue weighted by molar-refractivity contribution is 6.31. The van der Waals surface area contributed by atoms with Gasteiger partial charge in [0.25, 0.3) is 0 Å². The number of rotatable bonds is 4.